The molecule has 14 heteroatoms. The molecule has 0 atom stereocenters. The Morgan fingerprint density at radius 1 is 1.19 bits per heavy atom. The quantitative estimate of drug-likeness (QED) is 0.355. The zero-order chi connectivity index (χ0) is 27.2. The first-order valence-electron chi connectivity index (χ1n) is 11.0. The van der Waals surface area contributed by atoms with Gasteiger partial charge in [-0.1, -0.05) is 19.4 Å². The van der Waals surface area contributed by atoms with E-state index >= 15 is 0 Å². The number of hydrogen-bond donors (Lipinski definition) is 1. The predicted octanol–water partition coefficient (Wildman–Crippen LogP) is 4.62. The van der Waals surface area contributed by atoms with Gasteiger partial charge < -0.3 is 10.1 Å². The standard InChI is InChI=1S/C23H21F4N5O4S/c1-12-16(19(33)29-13-6-4-7-14(10-13)37(3,34)35)20(32-31-17(12)23(25,26)27)36-21-28-11-15(18(24)30-21)22(2)8-5-9-22/h4,6-7,10-11H,5,8-9H2,1-3H3,(H,29,33). The number of anilines is 1. The van der Waals surface area contributed by atoms with Crippen molar-refractivity contribution in [3.05, 3.63) is 58.8 Å². The maximum absolute atomic E-state index is 14.7. The Morgan fingerprint density at radius 3 is 2.46 bits per heavy atom. The van der Waals surface area contributed by atoms with Crippen molar-refractivity contribution in [3.63, 3.8) is 0 Å². The average Bonchev–Trinajstić information content (AvgIpc) is 2.76. The van der Waals surface area contributed by atoms with Gasteiger partial charge >= 0.3 is 12.2 Å². The number of sulfone groups is 1. The fraction of sp³-hybridized carbons (Fsp3) is 0.348. The number of amides is 1. The number of carbonyl (C=O) groups is 1. The lowest BCUT2D eigenvalue weighted by molar-refractivity contribution is -0.142. The van der Waals surface area contributed by atoms with E-state index in [4.69, 9.17) is 4.74 Å². The van der Waals surface area contributed by atoms with E-state index in [-0.39, 0.29) is 16.1 Å². The number of aromatic nitrogens is 4. The highest BCUT2D eigenvalue weighted by molar-refractivity contribution is 7.90. The average molecular weight is 540 g/mol. The van der Waals surface area contributed by atoms with Gasteiger partial charge in [-0.3, -0.25) is 4.79 Å². The van der Waals surface area contributed by atoms with Crippen molar-refractivity contribution in [1.82, 2.24) is 20.2 Å². The van der Waals surface area contributed by atoms with E-state index in [1.54, 1.807) is 0 Å². The van der Waals surface area contributed by atoms with Gasteiger partial charge in [0.2, 0.25) is 5.95 Å². The van der Waals surface area contributed by atoms with Crippen LogP contribution >= 0.6 is 0 Å². The van der Waals surface area contributed by atoms with E-state index in [0.717, 1.165) is 38.5 Å². The van der Waals surface area contributed by atoms with Crippen molar-refractivity contribution in [1.29, 1.82) is 0 Å². The van der Waals surface area contributed by atoms with Crippen LogP contribution in [0.1, 0.15) is 53.4 Å². The van der Waals surface area contributed by atoms with Crippen molar-refractivity contribution < 1.29 is 35.5 Å². The molecule has 1 amide bonds. The van der Waals surface area contributed by atoms with E-state index in [1.165, 1.54) is 24.4 Å². The van der Waals surface area contributed by atoms with E-state index in [9.17, 15) is 30.8 Å². The van der Waals surface area contributed by atoms with Crippen LogP contribution < -0.4 is 10.1 Å². The number of nitrogens with one attached hydrogen (secondary N) is 1. The zero-order valence-electron chi connectivity index (χ0n) is 19.9. The minimum absolute atomic E-state index is 0.0102. The third-order valence-corrected chi connectivity index (χ3v) is 7.33. The number of ether oxygens (including phenoxy) is 1. The van der Waals surface area contributed by atoms with Crippen LogP contribution in [0.15, 0.2) is 35.4 Å². The summed E-state index contributed by atoms with van der Waals surface area (Å²) in [6, 6.07) is 4.55. The monoisotopic (exact) mass is 539 g/mol. The summed E-state index contributed by atoms with van der Waals surface area (Å²) < 4.78 is 84.2. The molecule has 196 valence electrons. The summed E-state index contributed by atoms with van der Waals surface area (Å²) >= 11 is 0. The number of carbonyl (C=O) groups excluding carboxylic acids is 1. The van der Waals surface area contributed by atoms with Crippen LogP contribution in [0.4, 0.5) is 23.2 Å². The molecule has 0 spiro atoms. The number of rotatable bonds is 6. The van der Waals surface area contributed by atoms with Crippen molar-refractivity contribution in [2.24, 2.45) is 0 Å². The molecule has 0 unspecified atom stereocenters. The summed E-state index contributed by atoms with van der Waals surface area (Å²) in [6.07, 6.45) is -0.312. The predicted molar refractivity (Wildman–Crippen MR) is 123 cm³/mol. The largest absolute Gasteiger partial charge is 0.435 e. The van der Waals surface area contributed by atoms with Crippen molar-refractivity contribution >= 4 is 21.4 Å². The van der Waals surface area contributed by atoms with Crippen molar-refractivity contribution in [2.75, 3.05) is 11.6 Å². The molecule has 0 radical (unpaired) electrons. The summed E-state index contributed by atoms with van der Waals surface area (Å²) in [6.45, 7) is 2.86. The van der Waals surface area contributed by atoms with Crippen LogP contribution in [0.25, 0.3) is 0 Å². The fourth-order valence-electron chi connectivity index (χ4n) is 3.97. The van der Waals surface area contributed by atoms with E-state index in [2.05, 4.69) is 25.5 Å². The molecule has 2 heterocycles. The number of benzene rings is 1. The second kappa shape index (κ2) is 9.32. The van der Waals surface area contributed by atoms with Gasteiger partial charge in [-0.25, -0.2) is 13.4 Å². The SMILES string of the molecule is Cc1c(C(F)(F)F)nnc(Oc2ncc(C3(C)CCC3)c(F)n2)c1C(=O)Nc1cccc(S(C)(=O)=O)c1. The number of halogens is 4. The van der Waals surface area contributed by atoms with Gasteiger partial charge in [0, 0.05) is 23.7 Å². The maximum atomic E-state index is 14.7. The molecule has 1 saturated carbocycles. The smallest absolute Gasteiger partial charge is 0.403 e. The Labute approximate surface area is 209 Å². The Balaban J connectivity index is 1.72. The van der Waals surface area contributed by atoms with Gasteiger partial charge in [0.15, 0.2) is 15.5 Å². The molecule has 1 fully saturated rings. The van der Waals surface area contributed by atoms with Crippen LogP contribution in [0.3, 0.4) is 0 Å². The second-order valence-electron chi connectivity index (χ2n) is 8.98. The molecule has 1 aliphatic rings. The normalized spacial score (nSPS) is 15.1. The second-order valence-corrected chi connectivity index (χ2v) is 11.0. The lowest BCUT2D eigenvalue weighted by Gasteiger charge is -2.38. The minimum Gasteiger partial charge on any atom is -0.403 e. The summed E-state index contributed by atoms with van der Waals surface area (Å²) in [5.74, 6) is -2.64. The van der Waals surface area contributed by atoms with Crippen molar-refractivity contribution in [3.8, 4) is 11.9 Å². The van der Waals surface area contributed by atoms with E-state index in [0.29, 0.717) is 0 Å². The molecular weight excluding hydrogens is 518 g/mol. The fourth-order valence-corrected chi connectivity index (χ4v) is 4.64. The third kappa shape index (κ3) is 5.38. The topological polar surface area (TPSA) is 124 Å². The van der Waals surface area contributed by atoms with Gasteiger partial charge in [0.25, 0.3) is 11.8 Å². The molecule has 0 aliphatic heterocycles. The Morgan fingerprint density at radius 2 is 1.89 bits per heavy atom. The first kappa shape index (κ1) is 26.4. The van der Waals surface area contributed by atoms with Gasteiger partial charge in [0.1, 0.15) is 5.56 Å². The zero-order valence-corrected chi connectivity index (χ0v) is 20.7. The van der Waals surface area contributed by atoms with Gasteiger partial charge in [-0.15, -0.1) is 10.2 Å². The lowest BCUT2D eigenvalue weighted by atomic mass is 9.67. The third-order valence-electron chi connectivity index (χ3n) is 6.22. The summed E-state index contributed by atoms with van der Waals surface area (Å²) in [5, 5.41) is 8.87. The Bertz CT molecular complexity index is 1490. The highest BCUT2D eigenvalue weighted by Gasteiger charge is 2.39. The Hall–Kier alpha value is -3.68. The Kier molecular flexibility index (Phi) is 6.65. The van der Waals surface area contributed by atoms with Gasteiger partial charge in [0.05, 0.1) is 4.90 Å². The van der Waals surface area contributed by atoms with Crippen LogP contribution in [0.5, 0.6) is 11.9 Å². The molecule has 0 saturated heterocycles. The first-order valence-corrected chi connectivity index (χ1v) is 12.8. The minimum atomic E-state index is -4.94. The maximum Gasteiger partial charge on any atom is 0.435 e. The van der Waals surface area contributed by atoms with Crippen molar-refractivity contribution in [2.45, 2.75) is 49.6 Å². The lowest BCUT2D eigenvalue weighted by Crippen LogP contribution is -2.32. The molecule has 4 rings (SSSR count). The molecule has 1 aliphatic carbocycles. The summed E-state index contributed by atoms with van der Waals surface area (Å²) in [5.41, 5.74) is -2.86. The molecule has 3 aromatic rings. The summed E-state index contributed by atoms with van der Waals surface area (Å²) in [4.78, 5) is 20.6. The molecule has 1 aromatic carbocycles. The van der Waals surface area contributed by atoms with Crippen LogP contribution in [-0.2, 0) is 21.4 Å². The highest BCUT2D eigenvalue weighted by atomic mass is 32.2. The first-order chi connectivity index (χ1) is 17.2. The van der Waals surface area contributed by atoms with E-state index in [1.807, 2.05) is 6.92 Å². The molecule has 37 heavy (non-hydrogen) atoms. The molecule has 2 aromatic heterocycles. The highest BCUT2D eigenvalue weighted by Crippen LogP contribution is 2.44. The molecule has 9 nitrogen and oxygen atoms in total. The van der Waals surface area contributed by atoms with Crippen LogP contribution in [-0.4, -0.2) is 40.7 Å². The summed E-state index contributed by atoms with van der Waals surface area (Å²) in [7, 11) is -3.62. The van der Waals surface area contributed by atoms with Gasteiger partial charge in [-0.2, -0.15) is 22.5 Å². The molecule has 0 bridgehead atoms. The van der Waals surface area contributed by atoms with Crippen LogP contribution in [0.2, 0.25) is 0 Å². The van der Waals surface area contributed by atoms with Crippen LogP contribution in [0, 0.1) is 12.9 Å². The number of nitrogens with zero attached hydrogens (tertiary/aromatic N) is 4. The van der Waals surface area contributed by atoms with E-state index < -0.39 is 62.0 Å². The molecular formula is C23H21F4N5O4S. The number of alkyl halides is 3. The van der Waals surface area contributed by atoms with Gasteiger partial charge in [-0.05, 0) is 48.9 Å². The number of hydrogen-bond acceptors (Lipinski definition) is 8. The molecule has 1 N–H and O–H groups in total.